The van der Waals surface area contributed by atoms with Crippen LogP contribution in [0, 0.1) is 5.82 Å². The highest BCUT2D eigenvalue weighted by Crippen LogP contribution is 2.32. The Morgan fingerprint density at radius 3 is 2.50 bits per heavy atom. The number of rotatable bonds is 7. The van der Waals surface area contributed by atoms with Crippen molar-refractivity contribution in [3.63, 3.8) is 0 Å². The van der Waals surface area contributed by atoms with Gasteiger partial charge in [0.2, 0.25) is 11.8 Å². The number of aliphatic carboxylic acids is 1. The molecular weight excluding hydrogens is 315 g/mol. The Hall–Kier alpha value is -2.44. The largest absolute Gasteiger partial charge is 0.481 e. The molecule has 1 fully saturated rings. The number of hydrogen-bond donors (Lipinski definition) is 3. The average Bonchev–Trinajstić information content (AvgIpc) is 2.92. The standard InChI is InChI=1S/C17H21FN2O4/c18-13-5-3-4-12(8-13)9-14(21)19-11-15(22)20-17(10-16(23)24)6-1-2-7-17/h3-5,8H,1-2,6-7,9-11H2,(H,19,21)(H,20,22)(H,23,24). The molecule has 2 amide bonds. The monoisotopic (exact) mass is 336 g/mol. The van der Waals surface area contributed by atoms with E-state index in [1.165, 1.54) is 18.2 Å². The summed E-state index contributed by atoms with van der Waals surface area (Å²) in [5.41, 5.74) is -0.193. The Balaban J connectivity index is 1.81. The molecule has 6 nitrogen and oxygen atoms in total. The lowest BCUT2D eigenvalue weighted by Gasteiger charge is -2.28. The number of halogens is 1. The maximum absolute atomic E-state index is 13.1. The van der Waals surface area contributed by atoms with Crippen molar-refractivity contribution in [2.24, 2.45) is 0 Å². The summed E-state index contributed by atoms with van der Waals surface area (Å²) in [5, 5.41) is 14.2. The Kier molecular flexibility index (Phi) is 5.89. The summed E-state index contributed by atoms with van der Waals surface area (Å²) in [6.07, 6.45) is 2.87. The summed E-state index contributed by atoms with van der Waals surface area (Å²) >= 11 is 0. The van der Waals surface area contributed by atoms with E-state index in [2.05, 4.69) is 10.6 Å². The van der Waals surface area contributed by atoms with Crippen molar-refractivity contribution in [1.82, 2.24) is 10.6 Å². The van der Waals surface area contributed by atoms with Crippen molar-refractivity contribution in [1.29, 1.82) is 0 Å². The van der Waals surface area contributed by atoms with E-state index in [0.717, 1.165) is 12.8 Å². The SMILES string of the molecule is O=C(O)CC1(NC(=O)CNC(=O)Cc2cccc(F)c2)CCCC1. The van der Waals surface area contributed by atoms with E-state index in [1.807, 2.05) is 0 Å². The molecule has 130 valence electrons. The van der Waals surface area contributed by atoms with Gasteiger partial charge in [-0.15, -0.1) is 0 Å². The Morgan fingerprint density at radius 1 is 1.17 bits per heavy atom. The molecule has 24 heavy (non-hydrogen) atoms. The predicted octanol–water partition coefficient (Wildman–Crippen LogP) is 1.39. The molecule has 7 heteroatoms. The van der Waals surface area contributed by atoms with Crippen LogP contribution in [-0.2, 0) is 20.8 Å². The molecule has 0 heterocycles. The van der Waals surface area contributed by atoms with Gasteiger partial charge < -0.3 is 15.7 Å². The summed E-state index contributed by atoms with van der Waals surface area (Å²) in [7, 11) is 0. The number of amides is 2. The molecule has 1 aliphatic rings. The molecule has 0 unspecified atom stereocenters. The first-order valence-corrected chi connectivity index (χ1v) is 7.92. The van der Waals surface area contributed by atoms with E-state index in [4.69, 9.17) is 5.11 Å². The molecule has 0 spiro atoms. The van der Waals surface area contributed by atoms with Crippen LogP contribution in [0.2, 0.25) is 0 Å². The molecular formula is C17H21FN2O4. The van der Waals surface area contributed by atoms with Crippen molar-refractivity contribution in [3.8, 4) is 0 Å². The van der Waals surface area contributed by atoms with Crippen molar-refractivity contribution in [2.45, 2.75) is 44.1 Å². The van der Waals surface area contributed by atoms with Gasteiger partial charge in [0.05, 0.1) is 24.9 Å². The fourth-order valence-corrected chi connectivity index (χ4v) is 3.10. The molecule has 0 radical (unpaired) electrons. The van der Waals surface area contributed by atoms with Gasteiger partial charge in [-0.1, -0.05) is 25.0 Å². The van der Waals surface area contributed by atoms with Crippen LogP contribution in [0.4, 0.5) is 4.39 Å². The highest BCUT2D eigenvalue weighted by molar-refractivity contribution is 5.86. The van der Waals surface area contributed by atoms with Crippen molar-refractivity contribution in [3.05, 3.63) is 35.6 Å². The number of carbonyl (C=O) groups excluding carboxylic acids is 2. The highest BCUT2D eigenvalue weighted by atomic mass is 19.1. The van der Waals surface area contributed by atoms with Gasteiger partial charge in [0.25, 0.3) is 0 Å². The summed E-state index contributed by atoms with van der Waals surface area (Å²) in [6, 6.07) is 5.70. The van der Waals surface area contributed by atoms with E-state index in [0.29, 0.717) is 18.4 Å². The fraction of sp³-hybridized carbons (Fsp3) is 0.471. The minimum absolute atomic E-state index is 0.0225. The van der Waals surface area contributed by atoms with Gasteiger partial charge in [-0.05, 0) is 30.5 Å². The zero-order valence-corrected chi connectivity index (χ0v) is 13.3. The smallest absolute Gasteiger partial charge is 0.305 e. The zero-order chi connectivity index (χ0) is 17.6. The quantitative estimate of drug-likeness (QED) is 0.701. The van der Waals surface area contributed by atoms with Crippen LogP contribution in [0.15, 0.2) is 24.3 Å². The van der Waals surface area contributed by atoms with Crippen molar-refractivity contribution < 1.29 is 23.9 Å². The third kappa shape index (κ3) is 5.33. The summed E-state index contributed by atoms with van der Waals surface area (Å²) in [5.74, 6) is -2.18. The molecule has 1 aromatic carbocycles. The van der Waals surface area contributed by atoms with Crippen LogP contribution in [0.3, 0.4) is 0 Å². The third-order valence-electron chi connectivity index (χ3n) is 4.15. The second kappa shape index (κ2) is 7.90. The van der Waals surface area contributed by atoms with E-state index in [1.54, 1.807) is 6.07 Å². The lowest BCUT2D eigenvalue weighted by molar-refractivity contribution is -0.139. The summed E-state index contributed by atoms with van der Waals surface area (Å²) < 4.78 is 13.1. The summed E-state index contributed by atoms with van der Waals surface area (Å²) in [4.78, 5) is 34.8. The molecule has 1 saturated carbocycles. The number of carboxylic acids is 1. The first kappa shape index (κ1) is 17.9. The summed E-state index contributed by atoms with van der Waals surface area (Å²) in [6.45, 7) is -0.227. The van der Waals surface area contributed by atoms with Gasteiger partial charge in [0.15, 0.2) is 0 Å². The fourth-order valence-electron chi connectivity index (χ4n) is 3.10. The van der Waals surface area contributed by atoms with Gasteiger partial charge >= 0.3 is 5.97 Å². The first-order chi connectivity index (χ1) is 11.4. The molecule has 1 aromatic rings. The molecule has 2 rings (SSSR count). The predicted molar refractivity (Wildman–Crippen MR) is 84.7 cm³/mol. The highest BCUT2D eigenvalue weighted by Gasteiger charge is 2.37. The first-order valence-electron chi connectivity index (χ1n) is 7.92. The minimum Gasteiger partial charge on any atom is -0.481 e. The molecule has 0 atom stereocenters. The topological polar surface area (TPSA) is 95.5 Å². The second-order valence-electron chi connectivity index (χ2n) is 6.19. The third-order valence-corrected chi connectivity index (χ3v) is 4.15. The van der Waals surface area contributed by atoms with Crippen LogP contribution in [0.25, 0.3) is 0 Å². The van der Waals surface area contributed by atoms with Gasteiger partial charge in [-0.25, -0.2) is 4.39 Å². The van der Waals surface area contributed by atoms with Crippen LogP contribution < -0.4 is 10.6 Å². The maximum atomic E-state index is 13.1. The van der Waals surface area contributed by atoms with Crippen LogP contribution in [0.5, 0.6) is 0 Å². The van der Waals surface area contributed by atoms with Crippen LogP contribution >= 0.6 is 0 Å². The van der Waals surface area contributed by atoms with Crippen LogP contribution in [-0.4, -0.2) is 35.0 Å². The number of hydrogen-bond acceptors (Lipinski definition) is 3. The zero-order valence-electron chi connectivity index (χ0n) is 13.3. The van der Waals surface area contributed by atoms with E-state index < -0.39 is 29.1 Å². The average molecular weight is 336 g/mol. The van der Waals surface area contributed by atoms with Gasteiger partial charge in [-0.2, -0.15) is 0 Å². The Labute approximate surface area is 139 Å². The molecule has 0 saturated heterocycles. The normalized spacial score (nSPS) is 15.7. The van der Waals surface area contributed by atoms with E-state index in [9.17, 15) is 18.8 Å². The lowest BCUT2D eigenvalue weighted by Crippen LogP contribution is -2.51. The molecule has 0 aliphatic heterocycles. The van der Waals surface area contributed by atoms with Gasteiger partial charge in [-0.3, -0.25) is 14.4 Å². The second-order valence-corrected chi connectivity index (χ2v) is 6.19. The Morgan fingerprint density at radius 2 is 1.88 bits per heavy atom. The lowest BCUT2D eigenvalue weighted by atomic mass is 9.93. The van der Waals surface area contributed by atoms with E-state index >= 15 is 0 Å². The Bertz CT molecular complexity index is 627. The number of benzene rings is 1. The maximum Gasteiger partial charge on any atom is 0.305 e. The molecule has 3 N–H and O–H groups in total. The van der Waals surface area contributed by atoms with Gasteiger partial charge in [0, 0.05) is 0 Å². The van der Waals surface area contributed by atoms with E-state index in [-0.39, 0.29) is 19.4 Å². The molecule has 1 aliphatic carbocycles. The van der Waals surface area contributed by atoms with Crippen LogP contribution in [0.1, 0.15) is 37.7 Å². The number of nitrogens with one attached hydrogen (secondary N) is 2. The van der Waals surface area contributed by atoms with Crippen molar-refractivity contribution >= 4 is 17.8 Å². The minimum atomic E-state index is -0.952. The molecule has 0 bridgehead atoms. The van der Waals surface area contributed by atoms with Crippen molar-refractivity contribution in [2.75, 3.05) is 6.54 Å². The molecule has 0 aromatic heterocycles. The number of carbonyl (C=O) groups is 3. The number of carboxylic acid groups (broad SMARTS) is 1. The van der Waals surface area contributed by atoms with Gasteiger partial charge in [0.1, 0.15) is 5.82 Å².